The van der Waals surface area contributed by atoms with Crippen LogP contribution >= 0.6 is 0 Å². The quantitative estimate of drug-likeness (QED) is 0.717. The highest BCUT2D eigenvalue weighted by Gasteiger charge is 2.48. The second kappa shape index (κ2) is 2.96. The molecule has 0 aromatic heterocycles. The van der Waals surface area contributed by atoms with Crippen LogP contribution in [0.25, 0.3) is 0 Å². The summed E-state index contributed by atoms with van der Waals surface area (Å²) in [6.45, 7) is 0. The number of rotatable bonds is 3. The molecular weight excluding hydrogens is 160 g/mol. The predicted octanol–water partition coefficient (Wildman–Crippen LogP) is 1.61. The number of likely N-dealkylation sites (N-methyl/N-ethyl adjacent to an activating group) is 1. The highest BCUT2D eigenvalue weighted by molar-refractivity contribution is 6.07. The molecule has 2 N–H and O–H groups in total. The summed E-state index contributed by atoms with van der Waals surface area (Å²) in [5.74, 6) is 0. The first-order valence-electron chi connectivity index (χ1n) is 4.57. The van der Waals surface area contributed by atoms with E-state index < -0.39 is 0 Å². The van der Waals surface area contributed by atoms with E-state index in [1.807, 2.05) is 25.2 Å². The van der Waals surface area contributed by atoms with E-state index in [0.717, 1.165) is 18.6 Å². The van der Waals surface area contributed by atoms with Crippen LogP contribution in [0.1, 0.15) is 12.0 Å². The Morgan fingerprint density at radius 3 is 2.46 bits per heavy atom. The summed E-state index contributed by atoms with van der Waals surface area (Å²) in [5.41, 5.74) is 2.12. The summed E-state index contributed by atoms with van der Waals surface area (Å²) in [6, 6.07) is 10.3. The lowest BCUT2D eigenvalue weighted by Crippen LogP contribution is -2.32. The molecule has 1 aliphatic carbocycles. The van der Waals surface area contributed by atoms with Crippen molar-refractivity contribution in [2.75, 3.05) is 7.05 Å². The molecule has 68 valence electrons. The van der Waals surface area contributed by atoms with Gasteiger partial charge in [0.25, 0.3) is 0 Å². The van der Waals surface area contributed by atoms with Crippen LogP contribution in [-0.2, 0) is 6.42 Å². The average molecular weight is 174 g/mol. The zero-order chi connectivity index (χ0) is 9.31. The van der Waals surface area contributed by atoms with Crippen LogP contribution in [0.3, 0.4) is 0 Å². The van der Waals surface area contributed by atoms with Crippen molar-refractivity contribution >= 4 is 5.71 Å². The van der Waals surface area contributed by atoms with E-state index in [-0.39, 0.29) is 5.54 Å². The fourth-order valence-electron chi connectivity index (χ4n) is 1.70. The van der Waals surface area contributed by atoms with Gasteiger partial charge in [-0.15, -0.1) is 0 Å². The average Bonchev–Trinajstić information content (AvgIpc) is 2.79. The largest absolute Gasteiger partial charge is 0.309 e. The van der Waals surface area contributed by atoms with Gasteiger partial charge in [0, 0.05) is 12.1 Å². The van der Waals surface area contributed by atoms with Crippen molar-refractivity contribution in [2.24, 2.45) is 0 Å². The van der Waals surface area contributed by atoms with Crippen molar-refractivity contribution in [1.29, 1.82) is 5.41 Å². The monoisotopic (exact) mass is 174 g/mol. The molecule has 1 aliphatic rings. The van der Waals surface area contributed by atoms with Gasteiger partial charge in [-0.1, -0.05) is 30.3 Å². The van der Waals surface area contributed by atoms with Gasteiger partial charge in [-0.25, -0.2) is 0 Å². The zero-order valence-corrected chi connectivity index (χ0v) is 7.80. The van der Waals surface area contributed by atoms with Crippen molar-refractivity contribution < 1.29 is 0 Å². The first-order valence-corrected chi connectivity index (χ1v) is 4.57. The third-order valence-electron chi connectivity index (χ3n) is 2.76. The molecule has 1 unspecified atom stereocenters. The third kappa shape index (κ3) is 1.49. The van der Waals surface area contributed by atoms with Crippen molar-refractivity contribution in [1.82, 2.24) is 5.32 Å². The Hall–Kier alpha value is -1.15. The molecule has 1 aromatic rings. The van der Waals surface area contributed by atoms with Crippen LogP contribution in [0.4, 0.5) is 0 Å². The third-order valence-corrected chi connectivity index (χ3v) is 2.76. The van der Waals surface area contributed by atoms with E-state index in [2.05, 4.69) is 17.4 Å². The zero-order valence-electron chi connectivity index (χ0n) is 7.80. The minimum atomic E-state index is -0.0125. The number of hydrogen-bond acceptors (Lipinski definition) is 2. The summed E-state index contributed by atoms with van der Waals surface area (Å²) in [4.78, 5) is 0. The van der Waals surface area contributed by atoms with E-state index in [1.165, 1.54) is 5.56 Å². The van der Waals surface area contributed by atoms with Crippen LogP contribution in [-0.4, -0.2) is 18.3 Å². The maximum absolute atomic E-state index is 7.60. The normalized spacial score (nSPS) is 26.1. The van der Waals surface area contributed by atoms with Crippen LogP contribution in [0.5, 0.6) is 0 Å². The van der Waals surface area contributed by atoms with Gasteiger partial charge >= 0.3 is 0 Å². The summed E-state index contributed by atoms with van der Waals surface area (Å²) in [7, 11) is 1.94. The molecule has 2 nitrogen and oxygen atoms in total. The molecule has 1 fully saturated rings. The Labute approximate surface area is 78.5 Å². The van der Waals surface area contributed by atoms with Gasteiger partial charge in [-0.05, 0) is 19.0 Å². The minimum absolute atomic E-state index is 0.0125. The Bertz CT molecular complexity index is 318. The Morgan fingerprint density at radius 1 is 1.38 bits per heavy atom. The highest BCUT2D eigenvalue weighted by Crippen LogP contribution is 2.33. The first-order chi connectivity index (χ1) is 6.27. The van der Waals surface area contributed by atoms with E-state index in [9.17, 15) is 0 Å². The molecule has 1 atom stereocenters. The summed E-state index contributed by atoms with van der Waals surface area (Å²) < 4.78 is 0. The SMILES string of the molecule is CNC1(Cc2ccccc2)CC1=N. The maximum Gasteiger partial charge on any atom is 0.0654 e. The van der Waals surface area contributed by atoms with Gasteiger partial charge in [0.1, 0.15) is 0 Å². The van der Waals surface area contributed by atoms with Crippen LogP contribution in [0.2, 0.25) is 0 Å². The lowest BCUT2D eigenvalue weighted by molar-refractivity contribution is 0.585. The Morgan fingerprint density at radius 2 is 2.00 bits per heavy atom. The summed E-state index contributed by atoms with van der Waals surface area (Å²) >= 11 is 0. The lowest BCUT2D eigenvalue weighted by Gasteiger charge is -2.12. The predicted molar refractivity (Wildman–Crippen MR) is 54.3 cm³/mol. The number of nitrogens with one attached hydrogen (secondary N) is 2. The molecule has 1 aromatic carbocycles. The van der Waals surface area contributed by atoms with E-state index >= 15 is 0 Å². The van der Waals surface area contributed by atoms with E-state index in [4.69, 9.17) is 5.41 Å². The topological polar surface area (TPSA) is 35.9 Å². The van der Waals surface area contributed by atoms with Gasteiger partial charge in [0.2, 0.25) is 0 Å². The van der Waals surface area contributed by atoms with Crippen LogP contribution in [0, 0.1) is 5.41 Å². The Kier molecular flexibility index (Phi) is 1.93. The van der Waals surface area contributed by atoms with Gasteiger partial charge in [0.05, 0.1) is 5.54 Å². The van der Waals surface area contributed by atoms with Crippen molar-refractivity contribution in [3.05, 3.63) is 35.9 Å². The number of benzene rings is 1. The molecule has 0 bridgehead atoms. The molecular formula is C11H14N2. The second-order valence-corrected chi connectivity index (χ2v) is 3.65. The highest BCUT2D eigenvalue weighted by atomic mass is 15.0. The van der Waals surface area contributed by atoms with Crippen LogP contribution in [0.15, 0.2) is 30.3 Å². The molecule has 0 saturated heterocycles. The molecule has 2 heteroatoms. The summed E-state index contributed by atoms with van der Waals surface area (Å²) in [6.07, 6.45) is 1.85. The Balaban J connectivity index is 2.11. The molecule has 2 rings (SSSR count). The fourth-order valence-corrected chi connectivity index (χ4v) is 1.70. The van der Waals surface area contributed by atoms with Gasteiger partial charge < -0.3 is 10.7 Å². The van der Waals surface area contributed by atoms with Crippen molar-refractivity contribution in [2.45, 2.75) is 18.4 Å². The molecule has 0 amide bonds. The van der Waals surface area contributed by atoms with Gasteiger partial charge in [-0.2, -0.15) is 0 Å². The molecule has 1 saturated carbocycles. The second-order valence-electron chi connectivity index (χ2n) is 3.65. The fraction of sp³-hybridized carbons (Fsp3) is 0.364. The lowest BCUT2D eigenvalue weighted by atomic mass is 10.0. The maximum atomic E-state index is 7.60. The molecule has 0 aliphatic heterocycles. The van der Waals surface area contributed by atoms with Gasteiger partial charge in [-0.3, -0.25) is 0 Å². The van der Waals surface area contributed by atoms with E-state index in [0.29, 0.717) is 0 Å². The molecule has 0 heterocycles. The molecule has 13 heavy (non-hydrogen) atoms. The van der Waals surface area contributed by atoms with E-state index in [1.54, 1.807) is 0 Å². The molecule has 0 radical (unpaired) electrons. The first kappa shape index (κ1) is 8.45. The van der Waals surface area contributed by atoms with Gasteiger partial charge in [0.15, 0.2) is 0 Å². The standard InChI is InChI=1S/C11H14N2/c1-13-11(8-10(11)12)7-9-5-3-2-4-6-9/h2-6,12-13H,7-8H2,1H3. The number of hydrogen-bond donors (Lipinski definition) is 2. The van der Waals surface area contributed by atoms with Crippen LogP contribution < -0.4 is 5.32 Å². The smallest absolute Gasteiger partial charge is 0.0654 e. The summed E-state index contributed by atoms with van der Waals surface area (Å²) in [5, 5.41) is 10.8. The molecule has 0 spiro atoms. The van der Waals surface area contributed by atoms with Crippen molar-refractivity contribution in [3.63, 3.8) is 0 Å². The van der Waals surface area contributed by atoms with Crippen molar-refractivity contribution in [3.8, 4) is 0 Å². The minimum Gasteiger partial charge on any atom is -0.309 e.